The fraction of sp³-hybridized carbons (Fsp3) is 0.308. The summed E-state index contributed by atoms with van der Waals surface area (Å²) in [6.45, 7) is 1.47. The molecule has 2 rings (SSSR count). The summed E-state index contributed by atoms with van der Waals surface area (Å²) in [5.74, 6) is -0.336. The minimum atomic E-state index is -0.336. The molecule has 0 radical (unpaired) electrons. The molecule has 0 saturated heterocycles. The summed E-state index contributed by atoms with van der Waals surface area (Å²) >= 11 is 0. The molecule has 0 aliphatic rings. The first-order chi connectivity index (χ1) is 8.65. The third-order valence-electron chi connectivity index (χ3n) is 2.93. The maximum absolute atomic E-state index is 14.1. The summed E-state index contributed by atoms with van der Waals surface area (Å²) in [4.78, 5) is 6.10. The van der Waals surface area contributed by atoms with Crippen LogP contribution in [0.1, 0.15) is 0 Å². The molecule has 3 N–H and O–H groups in total. The van der Waals surface area contributed by atoms with E-state index in [0.717, 1.165) is 11.9 Å². The van der Waals surface area contributed by atoms with Crippen LogP contribution in [0, 0.1) is 5.82 Å². The molecule has 1 aromatic heterocycles. The Balaban J connectivity index is 2.55. The predicted octanol–water partition coefficient (Wildman–Crippen LogP) is 1.61. The standard InChI is InChI=1S/C13H17FN4/c1-16-6-7-18(2)13-10(14)8-11(15)9-4-3-5-17-12(9)13/h3-5,8,16H,6-7,15H2,1-2H3. The highest BCUT2D eigenvalue weighted by atomic mass is 19.1. The predicted molar refractivity (Wildman–Crippen MR) is 73.3 cm³/mol. The van der Waals surface area contributed by atoms with E-state index in [9.17, 15) is 4.39 Å². The van der Waals surface area contributed by atoms with Gasteiger partial charge in [0, 0.05) is 37.4 Å². The van der Waals surface area contributed by atoms with Gasteiger partial charge in [-0.3, -0.25) is 4.98 Å². The summed E-state index contributed by atoms with van der Waals surface area (Å²) in [5, 5.41) is 3.82. The third-order valence-corrected chi connectivity index (χ3v) is 2.93. The van der Waals surface area contributed by atoms with Gasteiger partial charge in [0.25, 0.3) is 0 Å². The van der Waals surface area contributed by atoms with Crippen LogP contribution < -0.4 is 16.0 Å². The minimum absolute atomic E-state index is 0.336. The molecular formula is C13H17FN4. The Morgan fingerprint density at radius 1 is 1.50 bits per heavy atom. The van der Waals surface area contributed by atoms with Gasteiger partial charge in [0.1, 0.15) is 0 Å². The van der Waals surface area contributed by atoms with Crippen LogP contribution in [0.5, 0.6) is 0 Å². The van der Waals surface area contributed by atoms with Gasteiger partial charge in [-0.1, -0.05) is 0 Å². The largest absolute Gasteiger partial charge is 0.398 e. The van der Waals surface area contributed by atoms with Crippen molar-refractivity contribution in [1.29, 1.82) is 0 Å². The van der Waals surface area contributed by atoms with Crippen molar-refractivity contribution in [2.45, 2.75) is 0 Å². The molecule has 18 heavy (non-hydrogen) atoms. The number of benzene rings is 1. The second kappa shape index (κ2) is 5.18. The van der Waals surface area contributed by atoms with Crippen molar-refractivity contribution in [3.63, 3.8) is 0 Å². The van der Waals surface area contributed by atoms with Crippen LogP contribution in [0.25, 0.3) is 10.9 Å². The van der Waals surface area contributed by atoms with Crippen LogP contribution in [-0.2, 0) is 0 Å². The molecule has 4 nitrogen and oxygen atoms in total. The number of nitrogens with two attached hydrogens (primary N) is 1. The first-order valence-corrected chi connectivity index (χ1v) is 5.83. The number of pyridine rings is 1. The molecule has 0 fully saturated rings. The van der Waals surface area contributed by atoms with Gasteiger partial charge in [0.15, 0.2) is 5.82 Å². The molecule has 0 bridgehead atoms. The minimum Gasteiger partial charge on any atom is -0.398 e. The van der Waals surface area contributed by atoms with Crippen LogP contribution in [0.15, 0.2) is 24.4 Å². The fourth-order valence-corrected chi connectivity index (χ4v) is 1.98. The average Bonchev–Trinajstić information content (AvgIpc) is 2.36. The second-order valence-electron chi connectivity index (χ2n) is 4.22. The quantitative estimate of drug-likeness (QED) is 0.807. The van der Waals surface area contributed by atoms with Crippen LogP contribution >= 0.6 is 0 Å². The molecule has 0 aliphatic heterocycles. The van der Waals surface area contributed by atoms with Gasteiger partial charge in [-0.05, 0) is 25.2 Å². The first-order valence-electron chi connectivity index (χ1n) is 5.83. The number of hydrogen-bond acceptors (Lipinski definition) is 4. The molecule has 0 aliphatic carbocycles. The SMILES string of the molecule is CNCCN(C)c1c(F)cc(N)c2cccnc12. The molecule has 0 saturated carbocycles. The second-order valence-corrected chi connectivity index (χ2v) is 4.22. The Morgan fingerprint density at radius 3 is 3.00 bits per heavy atom. The molecule has 0 atom stereocenters. The molecule has 1 heterocycles. The lowest BCUT2D eigenvalue weighted by atomic mass is 10.1. The van der Waals surface area contributed by atoms with Gasteiger partial charge in [-0.2, -0.15) is 0 Å². The lowest BCUT2D eigenvalue weighted by Crippen LogP contribution is -2.28. The van der Waals surface area contributed by atoms with Gasteiger partial charge in [0.05, 0.1) is 11.2 Å². The number of fused-ring (bicyclic) bond motifs is 1. The first kappa shape index (κ1) is 12.6. The summed E-state index contributed by atoms with van der Waals surface area (Å²) in [7, 11) is 3.71. The van der Waals surface area contributed by atoms with Crippen molar-refractivity contribution in [3.8, 4) is 0 Å². The van der Waals surface area contributed by atoms with E-state index in [0.29, 0.717) is 23.4 Å². The number of hydrogen-bond donors (Lipinski definition) is 2. The number of nitrogen functional groups attached to an aromatic ring is 1. The molecule has 0 amide bonds. The maximum atomic E-state index is 14.1. The van der Waals surface area contributed by atoms with E-state index in [-0.39, 0.29) is 5.82 Å². The third kappa shape index (κ3) is 2.22. The topological polar surface area (TPSA) is 54.2 Å². The van der Waals surface area contributed by atoms with Gasteiger partial charge < -0.3 is 16.0 Å². The summed E-state index contributed by atoms with van der Waals surface area (Å²) in [6, 6.07) is 5.01. The molecule has 0 unspecified atom stereocenters. The zero-order chi connectivity index (χ0) is 13.1. The molecule has 1 aromatic carbocycles. The zero-order valence-corrected chi connectivity index (χ0v) is 10.6. The lowest BCUT2D eigenvalue weighted by molar-refractivity contribution is 0.623. The normalized spacial score (nSPS) is 10.8. The maximum Gasteiger partial charge on any atom is 0.150 e. The summed E-state index contributed by atoms with van der Waals surface area (Å²) < 4.78 is 14.1. The number of rotatable bonds is 4. The van der Waals surface area contributed by atoms with Crippen molar-refractivity contribution < 1.29 is 4.39 Å². The highest BCUT2D eigenvalue weighted by Crippen LogP contribution is 2.31. The molecule has 0 spiro atoms. The van der Waals surface area contributed by atoms with Crippen LogP contribution in [0.2, 0.25) is 0 Å². The van der Waals surface area contributed by atoms with Gasteiger partial charge in [0.2, 0.25) is 0 Å². The molecule has 2 aromatic rings. The van der Waals surface area contributed by atoms with E-state index in [1.807, 2.05) is 25.1 Å². The fourth-order valence-electron chi connectivity index (χ4n) is 1.98. The Morgan fingerprint density at radius 2 is 2.28 bits per heavy atom. The summed E-state index contributed by atoms with van der Waals surface area (Å²) in [6.07, 6.45) is 1.65. The Hall–Kier alpha value is -1.88. The monoisotopic (exact) mass is 248 g/mol. The lowest BCUT2D eigenvalue weighted by Gasteiger charge is -2.21. The van der Waals surface area contributed by atoms with Gasteiger partial charge in [-0.25, -0.2) is 4.39 Å². The van der Waals surface area contributed by atoms with Crippen LogP contribution in [-0.4, -0.2) is 32.2 Å². The zero-order valence-electron chi connectivity index (χ0n) is 10.6. The van der Waals surface area contributed by atoms with Crippen molar-refractivity contribution in [2.24, 2.45) is 0 Å². The summed E-state index contributed by atoms with van der Waals surface area (Å²) in [5.41, 5.74) is 7.33. The number of aromatic nitrogens is 1. The number of anilines is 2. The number of nitrogens with zero attached hydrogens (tertiary/aromatic N) is 2. The highest BCUT2D eigenvalue weighted by molar-refractivity contribution is 5.98. The van der Waals surface area contributed by atoms with E-state index in [1.165, 1.54) is 6.07 Å². The smallest absolute Gasteiger partial charge is 0.150 e. The van der Waals surface area contributed by atoms with E-state index in [2.05, 4.69) is 10.3 Å². The van der Waals surface area contributed by atoms with E-state index >= 15 is 0 Å². The van der Waals surface area contributed by atoms with Crippen molar-refractivity contribution >= 4 is 22.3 Å². The van der Waals surface area contributed by atoms with E-state index in [1.54, 1.807) is 12.3 Å². The average molecular weight is 248 g/mol. The van der Waals surface area contributed by atoms with Crippen LogP contribution in [0.4, 0.5) is 15.8 Å². The van der Waals surface area contributed by atoms with Crippen molar-refractivity contribution in [1.82, 2.24) is 10.3 Å². The number of nitrogens with one attached hydrogen (secondary N) is 1. The van der Waals surface area contributed by atoms with Crippen molar-refractivity contribution in [3.05, 3.63) is 30.2 Å². The Labute approximate surface area is 106 Å². The number of likely N-dealkylation sites (N-methyl/N-ethyl adjacent to an activating group) is 2. The van der Waals surface area contributed by atoms with Crippen molar-refractivity contribution in [2.75, 3.05) is 37.8 Å². The number of halogens is 1. The van der Waals surface area contributed by atoms with Gasteiger partial charge >= 0.3 is 0 Å². The highest BCUT2D eigenvalue weighted by Gasteiger charge is 2.15. The van der Waals surface area contributed by atoms with Crippen LogP contribution in [0.3, 0.4) is 0 Å². The van der Waals surface area contributed by atoms with Gasteiger partial charge in [-0.15, -0.1) is 0 Å². The molecule has 5 heteroatoms. The van der Waals surface area contributed by atoms with E-state index in [4.69, 9.17) is 5.73 Å². The molecule has 96 valence electrons. The Kier molecular flexibility index (Phi) is 3.62. The Bertz CT molecular complexity index is 556. The van der Waals surface area contributed by atoms with E-state index < -0.39 is 0 Å². The molecular weight excluding hydrogens is 231 g/mol.